The van der Waals surface area contributed by atoms with Crippen molar-refractivity contribution in [3.05, 3.63) is 18.2 Å². The maximum atomic E-state index is 12.0. The first-order valence-corrected chi connectivity index (χ1v) is 7.44. The topological polar surface area (TPSA) is 70.2 Å². The number of imidazole rings is 1. The Labute approximate surface area is 117 Å². The van der Waals surface area contributed by atoms with Crippen molar-refractivity contribution in [3.8, 4) is 0 Å². The SMILES string of the molecule is O=C(N[C@@H]1C[C@H]2CO[C@H](C3CC3)CN2C1)c1cnc[nH]1. The molecule has 6 nitrogen and oxygen atoms in total. The highest BCUT2D eigenvalue weighted by Gasteiger charge is 2.42. The van der Waals surface area contributed by atoms with Crippen LogP contribution < -0.4 is 5.32 Å². The molecular weight excluding hydrogens is 256 g/mol. The first-order valence-electron chi connectivity index (χ1n) is 7.44. The van der Waals surface area contributed by atoms with Gasteiger partial charge in [-0.3, -0.25) is 9.69 Å². The van der Waals surface area contributed by atoms with Gasteiger partial charge in [0.05, 0.1) is 25.2 Å². The molecular formula is C14H20N4O2. The quantitative estimate of drug-likeness (QED) is 0.838. The number of H-pyrrole nitrogens is 1. The van der Waals surface area contributed by atoms with E-state index in [9.17, 15) is 4.79 Å². The molecule has 0 aromatic carbocycles. The molecule has 1 aliphatic carbocycles. The van der Waals surface area contributed by atoms with E-state index in [-0.39, 0.29) is 11.9 Å². The minimum Gasteiger partial charge on any atom is -0.375 e. The average Bonchev–Trinajstić information content (AvgIpc) is 3.01. The summed E-state index contributed by atoms with van der Waals surface area (Å²) in [7, 11) is 0. The third-order valence-corrected chi connectivity index (χ3v) is 4.67. The molecule has 1 aromatic heterocycles. The zero-order valence-electron chi connectivity index (χ0n) is 11.4. The third kappa shape index (κ3) is 2.33. The van der Waals surface area contributed by atoms with Crippen LogP contribution in [0.15, 0.2) is 12.5 Å². The number of carbonyl (C=O) groups excluding carboxylic acids is 1. The van der Waals surface area contributed by atoms with Crippen LogP contribution in [0.1, 0.15) is 29.8 Å². The fourth-order valence-corrected chi connectivity index (χ4v) is 3.40. The largest absolute Gasteiger partial charge is 0.375 e. The van der Waals surface area contributed by atoms with Crippen LogP contribution >= 0.6 is 0 Å². The second-order valence-electron chi connectivity index (χ2n) is 6.19. The van der Waals surface area contributed by atoms with Gasteiger partial charge in [0.1, 0.15) is 5.69 Å². The number of hydrogen-bond acceptors (Lipinski definition) is 4. The Hall–Kier alpha value is -1.40. The van der Waals surface area contributed by atoms with Gasteiger partial charge in [0.25, 0.3) is 5.91 Å². The zero-order valence-corrected chi connectivity index (χ0v) is 11.4. The molecule has 2 aliphatic heterocycles. The fourth-order valence-electron chi connectivity index (χ4n) is 3.40. The highest BCUT2D eigenvalue weighted by Crippen LogP contribution is 2.37. The monoisotopic (exact) mass is 276 g/mol. The van der Waals surface area contributed by atoms with Gasteiger partial charge in [0.2, 0.25) is 0 Å². The van der Waals surface area contributed by atoms with E-state index in [2.05, 4.69) is 20.2 Å². The van der Waals surface area contributed by atoms with Crippen molar-refractivity contribution in [1.29, 1.82) is 0 Å². The van der Waals surface area contributed by atoms with Gasteiger partial charge in [-0.2, -0.15) is 0 Å². The average molecular weight is 276 g/mol. The number of nitrogens with zero attached hydrogens (tertiary/aromatic N) is 2. The van der Waals surface area contributed by atoms with Gasteiger partial charge in [-0.25, -0.2) is 4.98 Å². The van der Waals surface area contributed by atoms with Crippen LogP contribution in [0.2, 0.25) is 0 Å². The smallest absolute Gasteiger partial charge is 0.269 e. The highest BCUT2D eigenvalue weighted by atomic mass is 16.5. The summed E-state index contributed by atoms with van der Waals surface area (Å²) >= 11 is 0. The predicted molar refractivity (Wildman–Crippen MR) is 72.3 cm³/mol. The molecule has 6 heteroatoms. The molecule has 2 saturated heterocycles. The normalized spacial score (nSPS) is 33.9. The molecule has 3 aliphatic rings. The maximum Gasteiger partial charge on any atom is 0.269 e. The van der Waals surface area contributed by atoms with Crippen molar-refractivity contribution in [1.82, 2.24) is 20.2 Å². The molecule has 1 aromatic rings. The van der Waals surface area contributed by atoms with Crippen molar-refractivity contribution in [3.63, 3.8) is 0 Å². The summed E-state index contributed by atoms with van der Waals surface area (Å²) in [4.78, 5) is 21.2. The van der Waals surface area contributed by atoms with Crippen LogP contribution in [0.4, 0.5) is 0 Å². The van der Waals surface area contributed by atoms with Gasteiger partial charge >= 0.3 is 0 Å². The molecule has 3 heterocycles. The minimum atomic E-state index is -0.0630. The van der Waals surface area contributed by atoms with Gasteiger partial charge in [-0.05, 0) is 25.2 Å². The molecule has 0 radical (unpaired) electrons. The third-order valence-electron chi connectivity index (χ3n) is 4.67. The molecule has 3 atom stereocenters. The lowest BCUT2D eigenvalue weighted by Crippen LogP contribution is -2.47. The number of carbonyl (C=O) groups is 1. The standard InChI is InChI=1S/C14H20N4O2/c19-14(12-4-15-8-16-12)17-10-3-11-7-20-13(9-1-2-9)6-18(11)5-10/h4,8-11,13H,1-3,5-7H2,(H,15,16)(H,17,19)/t10-,11+,13+/m1/s1. The van der Waals surface area contributed by atoms with E-state index in [0.717, 1.165) is 32.0 Å². The lowest BCUT2D eigenvalue weighted by molar-refractivity contribution is -0.0581. The minimum absolute atomic E-state index is 0.0630. The number of hydrogen-bond donors (Lipinski definition) is 2. The van der Waals surface area contributed by atoms with Crippen LogP contribution in [0.5, 0.6) is 0 Å². The lowest BCUT2D eigenvalue weighted by Gasteiger charge is -2.35. The number of ether oxygens (including phenoxy) is 1. The number of fused-ring (bicyclic) bond motifs is 1. The number of aromatic amines is 1. The molecule has 0 bridgehead atoms. The number of aromatic nitrogens is 2. The van der Waals surface area contributed by atoms with Crippen LogP contribution in [0.3, 0.4) is 0 Å². The van der Waals surface area contributed by atoms with E-state index in [1.807, 2.05) is 0 Å². The predicted octanol–water partition coefficient (Wildman–Crippen LogP) is 0.391. The van der Waals surface area contributed by atoms with E-state index < -0.39 is 0 Å². The lowest BCUT2D eigenvalue weighted by atomic mass is 10.1. The van der Waals surface area contributed by atoms with Crippen molar-refractivity contribution in [2.24, 2.45) is 5.92 Å². The molecule has 0 spiro atoms. The van der Waals surface area contributed by atoms with Gasteiger partial charge in [0.15, 0.2) is 0 Å². The first kappa shape index (κ1) is 12.3. The Bertz CT molecular complexity index is 485. The van der Waals surface area contributed by atoms with E-state index in [0.29, 0.717) is 17.8 Å². The van der Waals surface area contributed by atoms with Gasteiger partial charge < -0.3 is 15.0 Å². The summed E-state index contributed by atoms with van der Waals surface area (Å²) in [6, 6.07) is 0.689. The Balaban J connectivity index is 1.34. The summed E-state index contributed by atoms with van der Waals surface area (Å²) in [5.41, 5.74) is 0.530. The first-order chi connectivity index (χ1) is 9.79. The summed E-state index contributed by atoms with van der Waals surface area (Å²) in [5, 5.41) is 3.09. The maximum absolute atomic E-state index is 12.0. The molecule has 108 valence electrons. The molecule has 0 unspecified atom stereocenters. The Morgan fingerprint density at radius 2 is 2.35 bits per heavy atom. The summed E-state index contributed by atoms with van der Waals surface area (Å²) in [6.45, 7) is 2.79. The Morgan fingerprint density at radius 1 is 1.45 bits per heavy atom. The van der Waals surface area contributed by atoms with Gasteiger partial charge in [0, 0.05) is 25.2 Å². The number of nitrogens with one attached hydrogen (secondary N) is 2. The van der Waals surface area contributed by atoms with Gasteiger partial charge in [-0.15, -0.1) is 0 Å². The fraction of sp³-hybridized carbons (Fsp3) is 0.714. The zero-order chi connectivity index (χ0) is 13.5. The van der Waals surface area contributed by atoms with Crippen molar-refractivity contribution < 1.29 is 9.53 Å². The van der Waals surface area contributed by atoms with Crippen LogP contribution in [-0.2, 0) is 4.74 Å². The molecule has 4 rings (SSSR count). The van der Waals surface area contributed by atoms with E-state index >= 15 is 0 Å². The van der Waals surface area contributed by atoms with Crippen molar-refractivity contribution >= 4 is 5.91 Å². The van der Waals surface area contributed by atoms with Crippen LogP contribution in [0, 0.1) is 5.92 Å². The highest BCUT2D eigenvalue weighted by molar-refractivity contribution is 5.92. The van der Waals surface area contributed by atoms with E-state index in [1.54, 1.807) is 6.20 Å². The van der Waals surface area contributed by atoms with E-state index in [1.165, 1.54) is 19.2 Å². The Kier molecular flexibility index (Phi) is 3.00. The van der Waals surface area contributed by atoms with Crippen molar-refractivity contribution in [2.45, 2.75) is 37.5 Å². The van der Waals surface area contributed by atoms with Crippen LogP contribution in [-0.4, -0.2) is 58.7 Å². The summed E-state index contributed by atoms with van der Waals surface area (Å²) < 4.78 is 5.97. The molecule has 3 fully saturated rings. The Morgan fingerprint density at radius 3 is 3.10 bits per heavy atom. The molecule has 1 saturated carbocycles. The number of rotatable bonds is 3. The van der Waals surface area contributed by atoms with Crippen LogP contribution in [0.25, 0.3) is 0 Å². The second-order valence-corrected chi connectivity index (χ2v) is 6.19. The summed E-state index contributed by atoms with van der Waals surface area (Å²) in [5.74, 6) is 0.724. The van der Waals surface area contributed by atoms with Crippen molar-refractivity contribution in [2.75, 3.05) is 19.7 Å². The molecule has 1 amide bonds. The molecule has 2 N–H and O–H groups in total. The molecule has 20 heavy (non-hydrogen) atoms. The number of morpholine rings is 1. The van der Waals surface area contributed by atoms with Gasteiger partial charge in [-0.1, -0.05) is 0 Å². The number of amides is 1. The second kappa shape index (κ2) is 4.86. The van der Waals surface area contributed by atoms with E-state index in [4.69, 9.17) is 4.74 Å². The summed E-state index contributed by atoms with van der Waals surface area (Å²) in [6.07, 6.45) is 7.14.